The predicted molar refractivity (Wildman–Crippen MR) is 74.8 cm³/mol. The fraction of sp³-hybridized carbons (Fsp3) is 0.500. The highest BCUT2D eigenvalue weighted by atomic mass is 35.5. The van der Waals surface area contributed by atoms with E-state index in [1.165, 1.54) is 32.1 Å². The first-order chi connectivity index (χ1) is 8.66. The molecule has 2 rings (SSSR count). The first-order valence-corrected chi connectivity index (χ1v) is 6.88. The molecule has 0 spiro atoms. The Morgan fingerprint density at radius 1 is 1.33 bits per heavy atom. The monoisotopic (exact) mass is 266 g/mol. The SMILES string of the molecule is Nc1cc(Cl)ccc1C(=O)NCC1CCCCC1. The van der Waals surface area contributed by atoms with Gasteiger partial charge < -0.3 is 11.1 Å². The summed E-state index contributed by atoms with van der Waals surface area (Å²) >= 11 is 5.81. The summed E-state index contributed by atoms with van der Waals surface area (Å²) < 4.78 is 0. The molecule has 0 saturated heterocycles. The lowest BCUT2D eigenvalue weighted by molar-refractivity contribution is 0.0944. The van der Waals surface area contributed by atoms with Gasteiger partial charge in [0.15, 0.2) is 0 Å². The summed E-state index contributed by atoms with van der Waals surface area (Å²) in [6, 6.07) is 4.97. The number of nitrogens with one attached hydrogen (secondary N) is 1. The maximum absolute atomic E-state index is 12.0. The molecule has 0 bridgehead atoms. The normalized spacial score (nSPS) is 16.5. The number of halogens is 1. The Hall–Kier alpha value is -1.22. The third kappa shape index (κ3) is 3.39. The van der Waals surface area contributed by atoms with E-state index in [2.05, 4.69) is 5.32 Å². The summed E-state index contributed by atoms with van der Waals surface area (Å²) in [6.07, 6.45) is 6.33. The Bertz CT molecular complexity index is 428. The summed E-state index contributed by atoms with van der Waals surface area (Å²) in [5.41, 5.74) is 6.73. The van der Waals surface area contributed by atoms with Crippen LogP contribution in [0.2, 0.25) is 5.02 Å². The van der Waals surface area contributed by atoms with E-state index in [0.29, 0.717) is 22.2 Å². The van der Waals surface area contributed by atoms with E-state index in [9.17, 15) is 4.79 Å². The first-order valence-electron chi connectivity index (χ1n) is 6.50. The molecule has 1 aromatic carbocycles. The van der Waals surface area contributed by atoms with Crippen LogP contribution in [0.25, 0.3) is 0 Å². The standard InChI is InChI=1S/C14H19ClN2O/c15-11-6-7-12(13(16)8-11)14(18)17-9-10-4-2-1-3-5-10/h6-8,10H,1-5,9,16H2,(H,17,18). The molecule has 0 unspecified atom stereocenters. The molecule has 0 heterocycles. The molecular weight excluding hydrogens is 248 g/mol. The van der Waals surface area contributed by atoms with Crippen molar-refractivity contribution in [2.45, 2.75) is 32.1 Å². The van der Waals surface area contributed by atoms with Gasteiger partial charge in [-0.05, 0) is 37.0 Å². The van der Waals surface area contributed by atoms with E-state index in [1.807, 2.05) is 0 Å². The van der Waals surface area contributed by atoms with Gasteiger partial charge in [0.25, 0.3) is 5.91 Å². The lowest BCUT2D eigenvalue weighted by Crippen LogP contribution is -2.30. The molecule has 0 aliphatic heterocycles. The average Bonchev–Trinajstić information content (AvgIpc) is 2.37. The fourth-order valence-corrected chi connectivity index (χ4v) is 2.64. The number of benzene rings is 1. The Kier molecular flexibility index (Phi) is 4.48. The molecule has 1 aliphatic rings. The quantitative estimate of drug-likeness (QED) is 0.826. The second-order valence-corrected chi connectivity index (χ2v) is 5.38. The van der Waals surface area contributed by atoms with Gasteiger partial charge in [-0.3, -0.25) is 4.79 Å². The number of hydrogen-bond acceptors (Lipinski definition) is 2. The minimum Gasteiger partial charge on any atom is -0.398 e. The Morgan fingerprint density at radius 2 is 2.06 bits per heavy atom. The molecule has 1 amide bonds. The van der Waals surface area contributed by atoms with Gasteiger partial charge in [0.05, 0.1) is 5.56 Å². The van der Waals surface area contributed by atoms with Gasteiger partial charge in [-0.1, -0.05) is 30.9 Å². The highest BCUT2D eigenvalue weighted by Gasteiger charge is 2.15. The van der Waals surface area contributed by atoms with E-state index in [0.717, 1.165) is 6.54 Å². The number of rotatable bonds is 3. The molecular formula is C14H19ClN2O. The zero-order valence-electron chi connectivity index (χ0n) is 10.4. The number of carbonyl (C=O) groups excluding carboxylic acids is 1. The van der Waals surface area contributed by atoms with Gasteiger partial charge in [0.2, 0.25) is 0 Å². The molecule has 98 valence electrons. The molecule has 1 saturated carbocycles. The smallest absolute Gasteiger partial charge is 0.253 e. The van der Waals surface area contributed by atoms with Crippen LogP contribution in [0, 0.1) is 5.92 Å². The van der Waals surface area contributed by atoms with Crippen LogP contribution in [0.5, 0.6) is 0 Å². The van der Waals surface area contributed by atoms with Crippen LogP contribution in [-0.2, 0) is 0 Å². The summed E-state index contributed by atoms with van der Waals surface area (Å²) in [5, 5.41) is 3.52. The average molecular weight is 267 g/mol. The topological polar surface area (TPSA) is 55.1 Å². The van der Waals surface area contributed by atoms with E-state index >= 15 is 0 Å². The second kappa shape index (κ2) is 6.10. The van der Waals surface area contributed by atoms with Gasteiger partial charge in [0, 0.05) is 17.3 Å². The molecule has 4 heteroatoms. The molecule has 0 atom stereocenters. The van der Waals surface area contributed by atoms with Crippen LogP contribution < -0.4 is 11.1 Å². The highest BCUT2D eigenvalue weighted by Crippen LogP contribution is 2.23. The Balaban J connectivity index is 1.90. The van der Waals surface area contributed by atoms with E-state index in [1.54, 1.807) is 18.2 Å². The van der Waals surface area contributed by atoms with Crippen molar-refractivity contribution in [1.29, 1.82) is 0 Å². The molecule has 0 radical (unpaired) electrons. The van der Waals surface area contributed by atoms with Gasteiger partial charge in [0.1, 0.15) is 0 Å². The zero-order chi connectivity index (χ0) is 13.0. The molecule has 0 aromatic heterocycles. The van der Waals surface area contributed by atoms with E-state index in [-0.39, 0.29) is 5.91 Å². The molecule has 18 heavy (non-hydrogen) atoms. The van der Waals surface area contributed by atoms with Crippen LogP contribution >= 0.6 is 11.6 Å². The number of nitrogen functional groups attached to an aromatic ring is 1. The van der Waals surface area contributed by atoms with Crippen molar-refractivity contribution in [1.82, 2.24) is 5.32 Å². The second-order valence-electron chi connectivity index (χ2n) is 4.95. The molecule has 1 fully saturated rings. The summed E-state index contributed by atoms with van der Waals surface area (Å²) in [4.78, 5) is 12.0. The molecule has 3 nitrogen and oxygen atoms in total. The number of amides is 1. The van der Waals surface area contributed by atoms with Gasteiger partial charge in [-0.2, -0.15) is 0 Å². The van der Waals surface area contributed by atoms with Gasteiger partial charge >= 0.3 is 0 Å². The Morgan fingerprint density at radius 3 is 2.72 bits per heavy atom. The number of carbonyl (C=O) groups is 1. The van der Waals surface area contributed by atoms with Gasteiger partial charge in [-0.25, -0.2) is 0 Å². The molecule has 1 aliphatic carbocycles. The van der Waals surface area contributed by atoms with Crippen LogP contribution in [0.4, 0.5) is 5.69 Å². The van der Waals surface area contributed by atoms with Crippen LogP contribution in [0.3, 0.4) is 0 Å². The molecule has 1 aromatic rings. The number of anilines is 1. The van der Waals surface area contributed by atoms with Crippen molar-refractivity contribution in [2.75, 3.05) is 12.3 Å². The largest absolute Gasteiger partial charge is 0.398 e. The summed E-state index contributed by atoms with van der Waals surface area (Å²) in [7, 11) is 0. The number of nitrogens with two attached hydrogens (primary N) is 1. The maximum atomic E-state index is 12.0. The number of hydrogen-bond donors (Lipinski definition) is 2. The lowest BCUT2D eigenvalue weighted by Gasteiger charge is -2.21. The van der Waals surface area contributed by atoms with Crippen molar-refractivity contribution in [3.63, 3.8) is 0 Å². The van der Waals surface area contributed by atoms with Crippen molar-refractivity contribution < 1.29 is 4.79 Å². The third-order valence-corrected chi connectivity index (χ3v) is 3.77. The fourth-order valence-electron chi connectivity index (χ4n) is 2.46. The van der Waals surface area contributed by atoms with Crippen LogP contribution in [0.15, 0.2) is 18.2 Å². The van der Waals surface area contributed by atoms with Crippen molar-refractivity contribution in [3.8, 4) is 0 Å². The van der Waals surface area contributed by atoms with Crippen molar-refractivity contribution >= 4 is 23.2 Å². The predicted octanol–water partition coefficient (Wildman–Crippen LogP) is 3.23. The molecule has 3 N–H and O–H groups in total. The maximum Gasteiger partial charge on any atom is 0.253 e. The first kappa shape index (κ1) is 13.2. The summed E-state index contributed by atoms with van der Waals surface area (Å²) in [6.45, 7) is 0.751. The Labute approximate surface area is 113 Å². The van der Waals surface area contributed by atoms with Crippen LogP contribution in [-0.4, -0.2) is 12.5 Å². The van der Waals surface area contributed by atoms with Crippen molar-refractivity contribution in [2.24, 2.45) is 5.92 Å². The highest BCUT2D eigenvalue weighted by molar-refractivity contribution is 6.31. The minimum atomic E-state index is -0.102. The van der Waals surface area contributed by atoms with Crippen molar-refractivity contribution in [3.05, 3.63) is 28.8 Å². The van der Waals surface area contributed by atoms with E-state index < -0.39 is 0 Å². The minimum absolute atomic E-state index is 0.102. The zero-order valence-corrected chi connectivity index (χ0v) is 11.2. The van der Waals surface area contributed by atoms with Crippen LogP contribution in [0.1, 0.15) is 42.5 Å². The third-order valence-electron chi connectivity index (χ3n) is 3.53. The lowest BCUT2D eigenvalue weighted by atomic mass is 9.89. The van der Waals surface area contributed by atoms with Gasteiger partial charge in [-0.15, -0.1) is 0 Å². The van der Waals surface area contributed by atoms with E-state index in [4.69, 9.17) is 17.3 Å². The summed E-state index contributed by atoms with van der Waals surface area (Å²) in [5.74, 6) is 0.519.